The number of aliphatic carboxylic acids is 1. The van der Waals surface area contributed by atoms with Gasteiger partial charge in [0.15, 0.2) is 0 Å². The highest BCUT2D eigenvalue weighted by Crippen LogP contribution is 2.42. The molecule has 0 saturated heterocycles. The van der Waals surface area contributed by atoms with Crippen LogP contribution in [-0.2, 0) is 14.3 Å². The van der Waals surface area contributed by atoms with Crippen LogP contribution < -0.4 is 10.6 Å². The van der Waals surface area contributed by atoms with E-state index in [9.17, 15) is 14.4 Å². The van der Waals surface area contributed by atoms with Crippen LogP contribution >= 0.6 is 11.8 Å². The summed E-state index contributed by atoms with van der Waals surface area (Å²) in [6, 6.07) is -0.579. The molecule has 3 amide bonds. The Kier molecular flexibility index (Phi) is 6.10. The fourth-order valence-corrected chi connectivity index (χ4v) is 2.62. The van der Waals surface area contributed by atoms with Gasteiger partial charge in [-0.15, -0.1) is 0 Å². The van der Waals surface area contributed by atoms with E-state index in [4.69, 9.17) is 5.11 Å². The smallest absolute Gasteiger partial charge is 0.329 e. The number of imide groups is 1. The quantitative estimate of drug-likeness (QED) is 0.618. The average Bonchev–Trinajstić information content (AvgIpc) is 2.27. The summed E-state index contributed by atoms with van der Waals surface area (Å²) in [5.41, 5.74) is 0. The van der Waals surface area contributed by atoms with Gasteiger partial charge in [-0.1, -0.05) is 6.42 Å². The Labute approximate surface area is 115 Å². The minimum atomic E-state index is -1.16. The van der Waals surface area contributed by atoms with Crippen LogP contribution in [-0.4, -0.2) is 53.8 Å². The van der Waals surface area contributed by atoms with Crippen LogP contribution in [0.15, 0.2) is 0 Å². The van der Waals surface area contributed by atoms with E-state index in [0.717, 1.165) is 19.3 Å². The number of nitrogens with one attached hydrogen (secondary N) is 2. The number of amides is 3. The van der Waals surface area contributed by atoms with Crippen LogP contribution in [0, 0.1) is 0 Å². The van der Waals surface area contributed by atoms with Crippen molar-refractivity contribution in [3.63, 3.8) is 0 Å². The number of hydrogen-bond acceptors (Lipinski definition) is 5. The number of carboxylic acid groups (broad SMARTS) is 1. The van der Waals surface area contributed by atoms with E-state index in [1.165, 1.54) is 0 Å². The maximum Gasteiger partial charge on any atom is 0.329 e. The maximum absolute atomic E-state index is 11.4. The summed E-state index contributed by atoms with van der Waals surface area (Å²) >= 11 is 1.72. The van der Waals surface area contributed by atoms with E-state index in [1.54, 1.807) is 11.8 Å². The third-order valence-corrected chi connectivity index (χ3v) is 4.40. The van der Waals surface area contributed by atoms with Crippen molar-refractivity contribution in [3.05, 3.63) is 0 Å². The average molecular weight is 290 g/mol. The van der Waals surface area contributed by atoms with E-state index < -0.39 is 31.1 Å². The highest BCUT2D eigenvalue weighted by Gasteiger charge is 2.36. The molecule has 1 rings (SSSR count). The fraction of sp³-hybridized carbons (Fsp3) is 0.727. The first kappa shape index (κ1) is 15.8. The molecule has 0 aliphatic heterocycles. The third-order valence-electron chi connectivity index (χ3n) is 2.98. The molecular weight excluding hydrogens is 272 g/mol. The van der Waals surface area contributed by atoms with Crippen LogP contribution in [0.5, 0.6) is 0 Å². The summed E-state index contributed by atoms with van der Waals surface area (Å²) in [6.45, 7) is -0.499. The van der Waals surface area contributed by atoms with Gasteiger partial charge in [0, 0.05) is 11.3 Å². The second-order valence-corrected chi connectivity index (χ2v) is 5.63. The van der Waals surface area contributed by atoms with Crippen molar-refractivity contribution >= 4 is 29.7 Å². The van der Waals surface area contributed by atoms with Gasteiger partial charge in [0.1, 0.15) is 13.2 Å². The molecule has 3 N–H and O–H groups in total. The molecule has 1 fully saturated rings. The molecule has 0 spiro atoms. The number of carbonyl (C=O) groups is 3. The highest BCUT2D eigenvalue weighted by atomic mass is 32.2. The number of ether oxygens (including phenoxy) is 1. The number of carboxylic acids is 1. The van der Waals surface area contributed by atoms with Crippen molar-refractivity contribution in [2.24, 2.45) is 0 Å². The van der Waals surface area contributed by atoms with Crippen LogP contribution in [0.4, 0.5) is 4.79 Å². The van der Waals surface area contributed by atoms with Crippen LogP contribution in [0.2, 0.25) is 0 Å². The number of hydrogen-bond donors (Lipinski definition) is 3. The highest BCUT2D eigenvalue weighted by molar-refractivity contribution is 8.00. The molecule has 0 unspecified atom stereocenters. The Morgan fingerprint density at radius 1 is 1.32 bits per heavy atom. The van der Waals surface area contributed by atoms with Crippen molar-refractivity contribution < 1.29 is 24.2 Å². The lowest BCUT2D eigenvalue weighted by atomic mass is 9.84. The zero-order valence-corrected chi connectivity index (χ0v) is 11.5. The Morgan fingerprint density at radius 2 is 2.00 bits per heavy atom. The minimum absolute atomic E-state index is 0.0974. The van der Waals surface area contributed by atoms with E-state index in [-0.39, 0.29) is 4.75 Å². The van der Waals surface area contributed by atoms with Gasteiger partial charge in [0.25, 0.3) is 5.91 Å². The molecule has 1 aliphatic rings. The van der Waals surface area contributed by atoms with Crippen LogP contribution in [0.3, 0.4) is 0 Å². The summed E-state index contributed by atoms with van der Waals surface area (Å²) in [4.78, 5) is 32.8. The molecule has 0 heterocycles. The Bertz CT molecular complexity index is 351. The van der Waals surface area contributed by atoms with Gasteiger partial charge in [0.2, 0.25) is 0 Å². The number of thioether (sulfide) groups is 1. The molecule has 8 heteroatoms. The Morgan fingerprint density at radius 3 is 2.47 bits per heavy atom. The predicted octanol–water partition coefficient (Wildman–Crippen LogP) is 0.199. The molecule has 0 radical (unpaired) electrons. The summed E-state index contributed by atoms with van der Waals surface area (Å²) in [7, 11) is 0. The van der Waals surface area contributed by atoms with Gasteiger partial charge in [0.05, 0.1) is 0 Å². The number of rotatable bonds is 7. The SMILES string of the molecule is CSC1(CNC(=O)NC(=O)COCC(=O)O)CCC1. The predicted molar refractivity (Wildman–Crippen MR) is 70.1 cm³/mol. The molecule has 108 valence electrons. The summed E-state index contributed by atoms with van der Waals surface area (Å²) < 4.78 is 4.66. The molecule has 0 aromatic rings. The van der Waals surface area contributed by atoms with Crippen molar-refractivity contribution in [1.82, 2.24) is 10.6 Å². The summed E-state index contributed by atoms with van der Waals surface area (Å²) in [6.07, 6.45) is 5.28. The molecule has 0 aromatic heterocycles. The molecule has 0 aromatic carbocycles. The molecule has 7 nitrogen and oxygen atoms in total. The first-order valence-electron chi connectivity index (χ1n) is 5.90. The summed E-state index contributed by atoms with van der Waals surface area (Å²) in [5, 5.41) is 13.0. The standard InChI is InChI=1S/C11H18N2O5S/c1-19-11(3-2-4-11)7-12-10(17)13-8(14)5-18-6-9(15)16/h2-7H2,1H3,(H,15,16)(H2,12,13,14,17). The molecular formula is C11H18N2O5S. The monoisotopic (exact) mass is 290 g/mol. The second kappa shape index (κ2) is 7.34. The van der Waals surface area contributed by atoms with Crippen molar-refractivity contribution in [2.75, 3.05) is 26.0 Å². The van der Waals surface area contributed by atoms with Crippen LogP contribution in [0.1, 0.15) is 19.3 Å². The molecule has 1 aliphatic carbocycles. The van der Waals surface area contributed by atoms with E-state index in [1.807, 2.05) is 6.26 Å². The lowest BCUT2D eigenvalue weighted by Gasteiger charge is -2.40. The fourth-order valence-electron chi connectivity index (χ4n) is 1.70. The zero-order chi connectivity index (χ0) is 14.3. The molecule has 0 atom stereocenters. The van der Waals surface area contributed by atoms with Crippen molar-refractivity contribution in [2.45, 2.75) is 24.0 Å². The van der Waals surface area contributed by atoms with Gasteiger partial charge in [-0.25, -0.2) is 9.59 Å². The largest absolute Gasteiger partial charge is 0.480 e. The first-order valence-corrected chi connectivity index (χ1v) is 7.12. The third kappa shape index (κ3) is 5.48. The topological polar surface area (TPSA) is 105 Å². The van der Waals surface area contributed by atoms with Gasteiger partial charge in [-0.3, -0.25) is 10.1 Å². The Hall–Kier alpha value is -1.28. The lowest BCUT2D eigenvalue weighted by Crippen LogP contribution is -2.49. The lowest BCUT2D eigenvalue weighted by molar-refractivity contribution is -0.143. The normalized spacial score (nSPS) is 16.3. The number of urea groups is 1. The van der Waals surface area contributed by atoms with E-state index in [0.29, 0.717) is 6.54 Å². The first-order chi connectivity index (χ1) is 8.97. The van der Waals surface area contributed by atoms with Crippen molar-refractivity contribution in [1.29, 1.82) is 0 Å². The van der Waals surface area contributed by atoms with Crippen LogP contribution in [0.25, 0.3) is 0 Å². The van der Waals surface area contributed by atoms with E-state index >= 15 is 0 Å². The molecule has 19 heavy (non-hydrogen) atoms. The maximum atomic E-state index is 11.4. The molecule has 1 saturated carbocycles. The van der Waals surface area contributed by atoms with E-state index in [2.05, 4.69) is 15.4 Å². The minimum Gasteiger partial charge on any atom is -0.480 e. The van der Waals surface area contributed by atoms with Gasteiger partial charge < -0.3 is 15.2 Å². The zero-order valence-electron chi connectivity index (χ0n) is 10.7. The second-order valence-electron chi connectivity index (χ2n) is 4.36. The molecule has 0 bridgehead atoms. The number of carbonyl (C=O) groups excluding carboxylic acids is 2. The van der Waals surface area contributed by atoms with Crippen molar-refractivity contribution in [3.8, 4) is 0 Å². The van der Waals surface area contributed by atoms with Gasteiger partial charge in [-0.05, 0) is 19.1 Å². The Balaban J connectivity index is 2.16. The van der Waals surface area contributed by atoms with Gasteiger partial charge in [-0.2, -0.15) is 11.8 Å². The van der Waals surface area contributed by atoms with Gasteiger partial charge >= 0.3 is 12.0 Å². The summed E-state index contributed by atoms with van der Waals surface area (Å²) in [5.74, 6) is -1.82.